The lowest BCUT2D eigenvalue weighted by molar-refractivity contribution is 0.597. The largest absolute Gasteiger partial charge is 0.378 e. The second-order valence-electron chi connectivity index (χ2n) is 4.78. The maximum atomic E-state index is 13.2. The van der Waals surface area contributed by atoms with Crippen molar-refractivity contribution in [3.05, 3.63) is 53.6 Å². The lowest BCUT2D eigenvalue weighted by atomic mass is 10.1. The summed E-state index contributed by atoms with van der Waals surface area (Å²) in [6, 6.07) is 5.94. The minimum atomic E-state index is -3.78. The van der Waals surface area contributed by atoms with Crippen LogP contribution in [0.3, 0.4) is 0 Å². The summed E-state index contributed by atoms with van der Waals surface area (Å²) in [4.78, 5) is 3.86. The fourth-order valence-corrected chi connectivity index (χ4v) is 2.87. The Morgan fingerprint density at radius 2 is 2.05 bits per heavy atom. The van der Waals surface area contributed by atoms with Crippen LogP contribution in [0.5, 0.6) is 0 Å². The molecule has 0 amide bonds. The van der Waals surface area contributed by atoms with Crippen molar-refractivity contribution in [2.75, 3.05) is 5.32 Å². The first-order valence-electron chi connectivity index (χ1n) is 6.28. The lowest BCUT2D eigenvalue weighted by Crippen LogP contribution is -2.15. The minimum absolute atomic E-state index is 0.0667. The molecule has 2 rings (SSSR count). The molecule has 0 aliphatic carbocycles. The molecule has 5 nitrogen and oxygen atoms in total. The first-order valence-corrected chi connectivity index (χ1v) is 7.83. The molecule has 1 atom stereocenters. The van der Waals surface area contributed by atoms with Crippen molar-refractivity contribution < 1.29 is 12.8 Å². The van der Waals surface area contributed by atoms with Crippen molar-refractivity contribution in [1.29, 1.82) is 0 Å². The van der Waals surface area contributed by atoms with Gasteiger partial charge in [0.2, 0.25) is 10.0 Å². The van der Waals surface area contributed by atoms with Gasteiger partial charge in [-0.2, -0.15) is 0 Å². The van der Waals surface area contributed by atoms with E-state index in [1.165, 1.54) is 12.1 Å². The van der Waals surface area contributed by atoms with E-state index in [-0.39, 0.29) is 10.9 Å². The van der Waals surface area contributed by atoms with Crippen LogP contribution in [0.1, 0.15) is 24.1 Å². The zero-order chi connectivity index (χ0) is 15.6. The number of aromatic nitrogens is 1. The van der Waals surface area contributed by atoms with Gasteiger partial charge in [-0.3, -0.25) is 4.98 Å². The van der Waals surface area contributed by atoms with E-state index in [0.29, 0.717) is 16.8 Å². The number of benzene rings is 1. The SMILES string of the molecule is Cc1c(NC(C)c2cncc(F)c2)cccc1S(N)(=O)=O. The highest BCUT2D eigenvalue weighted by atomic mass is 32.2. The molecule has 0 saturated carbocycles. The van der Waals surface area contributed by atoms with Crippen LogP contribution in [-0.4, -0.2) is 13.4 Å². The summed E-state index contributed by atoms with van der Waals surface area (Å²) in [6.07, 6.45) is 2.68. The summed E-state index contributed by atoms with van der Waals surface area (Å²) in [5, 5.41) is 8.31. The molecule has 0 radical (unpaired) electrons. The molecular weight excluding hydrogens is 293 g/mol. The zero-order valence-electron chi connectivity index (χ0n) is 11.7. The maximum Gasteiger partial charge on any atom is 0.238 e. The van der Waals surface area contributed by atoms with Crippen molar-refractivity contribution in [1.82, 2.24) is 4.98 Å². The summed E-state index contributed by atoms with van der Waals surface area (Å²) in [7, 11) is -3.78. The number of pyridine rings is 1. The number of hydrogen-bond donors (Lipinski definition) is 2. The molecule has 1 aromatic heterocycles. The van der Waals surface area contributed by atoms with E-state index in [2.05, 4.69) is 10.3 Å². The Hall–Kier alpha value is -1.99. The normalized spacial score (nSPS) is 13.0. The number of hydrogen-bond acceptors (Lipinski definition) is 4. The highest BCUT2D eigenvalue weighted by molar-refractivity contribution is 7.89. The molecule has 2 aromatic rings. The zero-order valence-corrected chi connectivity index (χ0v) is 12.5. The molecular formula is C14H16FN3O2S. The Morgan fingerprint density at radius 1 is 1.33 bits per heavy atom. The van der Waals surface area contributed by atoms with E-state index < -0.39 is 15.8 Å². The molecule has 0 saturated heterocycles. The topological polar surface area (TPSA) is 85.1 Å². The molecule has 0 spiro atoms. The quantitative estimate of drug-likeness (QED) is 0.908. The third kappa shape index (κ3) is 3.56. The van der Waals surface area contributed by atoms with E-state index in [4.69, 9.17) is 5.14 Å². The van der Waals surface area contributed by atoms with Crippen LogP contribution in [0.25, 0.3) is 0 Å². The van der Waals surface area contributed by atoms with E-state index in [1.807, 2.05) is 6.92 Å². The third-order valence-corrected chi connectivity index (χ3v) is 4.24. The van der Waals surface area contributed by atoms with Crippen LogP contribution in [0.2, 0.25) is 0 Å². The average molecular weight is 309 g/mol. The predicted molar refractivity (Wildman–Crippen MR) is 78.8 cm³/mol. The van der Waals surface area contributed by atoms with Gasteiger partial charge in [0.25, 0.3) is 0 Å². The van der Waals surface area contributed by atoms with Crippen molar-refractivity contribution in [3.63, 3.8) is 0 Å². The molecule has 1 heterocycles. The fourth-order valence-electron chi connectivity index (χ4n) is 2.06. The Bertz CT molecular complexity index is 763. The van der Waals surface area contributed by atoms with Gasteiger partial charge in [0, 0.05) is 11.9 Å². The summed E-state index contributed by atoms with van der Waals surface area (Å²) < 4.78 is 36.2. The maximum absolute atomic E-state index is 13.2. The minimum Gasteiger partial charge on any atom is -0.378 e. The molecule has 112 valence electrons. The van der Waals surface area contributed by atoms with Crippen LogP contribution in [0.15, 0.2) is 41.6 Å². The molecule has 3 N–H and O–H groups in total. The first kappa shape index (κ1) is 15.4. The van der Waals surface area contributed by atoms with Crippen LogP contribution in [0, 0.1) is 12.7 Å². The number of halogens is 1. The number of nitrogens with zero attached hydrogens (tertiary/aromatic N) is 1. The number of sulfonamides is 1. The molecule has 21 heavy (non-hydrogen) atoms. The number of nitrogens with two attached hydrogens (primary N) is 1. The lowest BCUT2D eigenvalue weighted by Gasteiger charge is -2.18. The predicted octanol–water partition coefficient (Wildman–Crippen LogP) is 2.35. The number of primary sulfonamides is 1. The second-order valence-corrected chi connectivity index (χ2v) is 6.31. The molecule has 0 aliphatic heterocycles. The van der Waals surface area contributed by atoms with Crippen LogP contribution >= 0.6 is 0 Å². The van der Waals surface area contributed by atoms with Gasteiger partial charge in [-0.25, -0.2) is 17.9 Å². The van der Waals surface area contributed by atoms with E-state index in [0.717, 1.165) is 6.20 Å². The highest BCUT2D eigenvalue weighted by Crippen LogP contribution is 2.26. The van der Waals surface area contributed by atoms with Crippen molar-refractivity contribution in [2.45, 2.75) is 24.8 Å². The number of anilines is 1. The Balaban J connectivity index is 2.32. The fraction of sp³-hybridized carbons (Fsp3) is 0.214. The van der Waals surface area contributed by atoms with Gasteiger partial charge < -0.3 is 5.32 Å². The van der Waals surface area contributed by atoms with Gasteiger partial charge in [0.15, 0.2) is 0 Å². The number of nitrogens with one attached hydrogen (secondary N) is 1. The van der Waals surface area contributed by atoms with Gasteiger partial charge in [-0.05, 0) is 43.2 Å². The van der Waals surface area contributed by atoms with Crippen LogP contribution < -0.4 is 10.5 Å². The van der Waals surface area contributed by atoms with Gasteiger partial charge in [0.1, 0.15) is 5.82 Å². The Morgan fingerprint density at radius 3 is 2.67 bits per heavy atom. The van der Waals surface area contributed by atoms with Crippen molar-refractivity contribution in [2.24, 2.45) is 5.14 Å². The van der Waals surface area contributed by atoms with Crippen LogP contribution in [0.4, 0.5) is 10.1 Å². The summed E-state index contributed by atoms with van der Waals surface area (Å²) >= 11 is 0. The standard InChI is InChI=1S/C14H16FN3O2S/c1-9-13(4-3-5-14(9)21(16,19)20)18-10(2)11-6-12(15)8-17-7-11/h3-8,10,18H,1-2H3,(H2,16,19,20). The highest BCUT2D eigenvalue weighted by Gasteiger charge is 2.15. The van der Waals surface area contributed by atoms with Crippen molar-refractivity contribution >= 4 is 15.7 Å². The first-order chi connectivity index (χ1) is 9.79. The Kier molecular flexibility index (Phi) is 4.24. The molecule has 1 unspecified atom stereocenters. The van der Waals surface area contributed by atoms with Gasteiger partial charge in [-0.1, -0.05) is 6.07 Å². The Labute approximate surface area is 123 Å². The van der Waals surface area contributed by atoms with E-state index >= 15 is 0 Å². The van der Waals surface area contributed by atoms with Gasteiger partial charge in [0.05, 0.1) is 17.1 Å². The molecule has 7 heteroatoms. The molecule has 1 aromatic carbocycles. The summed E-state index contributed by atoms with van der Waals surface area (Å²) in [6.45, 7) is 3.50. The van der Waals surface area contributed by atoms with Gasteiger partial charge in [-0.15, -0.1) is 0 Å². The van der Waals surface area contributed by atoms with E-state index in [1.54, 1.807) is 25.3 Å². The number of rotatable bonds is 4. The molecule has 0 bridgehead atoms. The average Bonchev–Trinajstić information content (AvgIpc) is 2.39. The van der Waals surface area contributed by atoms with Gasteiger partial charge >= 0.3 is 0 Å². The van der Waals surface area contributed by atoms with Crippen molar-refractivity contribution in [3.8, 4) is 0 Å². The third-order valence-electron chi connectivity index (χ3n) is 3.19. The second kappa shape index (κ2) is 5.79. The monoisotopic (exact) mass is 309 g/mol. The molecule has 0 aliphatic rings. The summed E-state index contributed by atoms with van der Waals surface area (Å²) in [5.74, 6) is -0.420. The van der Waals surface area contributed by atoms with E-state index in [9.17, 15) is 12.8 Å². The summed E-state index contributed by atoms with van der Waals surface area (Å²) in [5.41, 5.74) is 1.81. The van der Waals surface area contributed by atoms with Crippen LogP contribution in [-0.2, 0) is 10.0 Å². The smallest absolute Gasteiger partial charge is 0.238 e. The molecule has 0 fully saturated rings.